The molecule has 1 aromatic rings. The summed E-state index contributed by atoms with van der Waals surface area (Å²) in [6, 6.07) is 8.14. The molecule has 2 bridgehead atoms. The Morgan fingerprint density at radius 2 is 1.83 bits per heavy atom. The number of carbonyl (C=O) groups excluding carboxylic acids is 1. The molecule has 126 valence electrons. The van der Waals surface area contributed by atoms with Gasteiger partial charge in [-0.2, -0.15) is 0 Å². The molecular weight excluding hydrogens is 312 g/mol. The van der Waals surface area contributed by atoms with E-state index in [1.165, 1.54) is 5.56 Å². The van der Waals surface area contributed by atoms with Crippen LogP contribution in [0.4, 0.5) is 0 Å². The van der Waals surface area contributed by atoms with Gasteiger partial charge in [-0.3, -0.25) is 13.9 Å². The minimum absolute atomic E-state index is 0.151. The third kappa shape index (κ3) is 4.26. The van der Waals surface area contributed by atoms with Crippen LogP contribution in [-0.2, 0) is 29.0 Å². The molecule has 2 atom stereocenters. The lowest BCUT2D eigenvalue weighted by molar-refractivity contribution is -0.137. The fourth-order valence-corrected chi connectivity index (χ4v) is 4.02. The van der Waals surface area contributed by atoms with Crippen LogP contribution in [0.3, 0.4) is 0 Å². The van der Waals surface area contributed by atoms with E-state index in [0.29, 0.717) is 18.2 Å². The summed E-state index contributed by atoms with van der Waals surface area (Å²) in [5, 5.41) is 0. The summed E-state index contributed by atoms with van der Waals surface area (Å²) in [7, 11) is 0. The number of ketones is 1. The second kappa shape index (κ2) is 7.66. The van der Waals surface area contributed by atoms with Crippen LogP contribution in [0.1, 0.15) is 36.8 Å². The lowest BCUT2D eigenvalue weighted by Gasteiger charge is -2.44. The molecule has 0 amide bonds. The Balaban J connectivity index is 1.45. The third-order valence-electron chi connectivity index (χ3n) is 5.06. The van der Waals surface area contributed by atoms with E-state index in [4.69, 9.17) is 0 Å². The molecule has 0 aliphatic carbocycles. The van der Waals surface area contributed by atoms with E-state index in [1.807, 2.05) is 24.3 Å². The highest BCUT2D eigenvalue weighted by atomic mass is 32.2. The molecule has 1 N–H and O–H groups in total. The Hall–Kier alpha value is -1.08. The maximum absolute atomic E-state index is 12.3. The maximum Gasteiger partial charge on any atom is 0.153 e. The molecule has 0 saturated carbocycles. The van der Waals surface area contributed by atoms with Gasteiger partial charge in [0, 0.05) is 23.7 Å². The third-order valence-corrected chi connectivity index (χ3v) is 5.44. The SMILES string of the molecule is O=C1C2CCN(CC2)C1CCCc1ccc(CNS(=O)[O-])cc1. The van der Waals surface area contributed by atoms with Gasteiger partial charge < -0.3 is 4.55 Å². The first-order valence-corrected chi connectivity index (χ1v) is 9.39. The van der Waals surface area contributed by atoms with E-state index >= 15 is 0 Å². The molecule has 1 aromatic carbocycles. The van der Waals surface area contributed by atoms with Gasteiger partial charge in [0.15, 0.2) is 5.78 Å². The average Bonchev–Trinajstić information content (AvgIpc) is 2.57. The molecule has 0 radical (unpaired) electrons. The lowest BCUT2D eigenvalue weighted by Crippen LogP contribution is -2.55. The number of Topliss-reactive ketones (excluding diaryl/α,β-unsaturated/α-hetero) is 1. The molecule has 3 fully saturated rings. The molecule has 3 aliphatic heterocycles. The first-order valence-electron chi connectivity index (χ1n) is 8.32. The van der Waals surface area contributed by atoms with Gasteiger partial charge in [0.1, 0.15) is 0 Å². The number of hydrogen-bond acceptors (Lipinski definition) is 4. The standard InChI is InChI=1S/C17H24N2O3S/c20-17-15-8-10-19(11-9-15)16(17)3-1-2-13-4-6-14(7-5-13)12-18-23(21)22/h4-7,15-16,18H,1-3,8-12H2,(H,21,22)/p-1. The van der Waals surface area contributed by atoms with Crippen LogP contribution < -0.4 is 4.72 Å². The first kappa shape index (κ1) is 16.8. The van der Waals surface area contributed by atoms with Gasteiger partial charge in [-0.1, -0.05) is 24.3 Å². The number of aryl methyl sites for hydroxylation is 1. The molecular formula is C17H23N2O3S-. The van der Waals surface area contributed by atoms with Gasteiger partial charge in [0.2, 0.25) is 0 Å². The van der Waals surface area contributed by atoms with Crippen LogP contribution in [0.2, 0.25) is 0 Å². The van der Waals surface area contributed by atoms with Crippen molar-refractivity contribution in [2.45, 2.75) is 44.7 Å². The van der Waals surface area contributed by atoms with Crippen molar-refractivity contribution >= 4 is 17.0 Å². The summed E-state index contributed by atoms with van der Waals surface area (Å²) in [5.74, 6) is 0.790. The van der Waals surface area contributed by atoms with Crippen molar-refractivity contribution in [3.05, 3.63) is 35.4 Å². The van der Waals surface area contributed by atoms with Gasteiger partial charge in [0.05, 0.1) is 6.04 Å². The van der Waals surface area contributed by atoms with Gasteiger partial charge in [-0.25, -0.2) is 4.72 Å². The zero-order valence-corrected chi connectivity index (χ0v) is 14.0. The van der Waals surface area contributed by atoms with Crippen LogP contribution in [0.25, 0.3) is 0 Å². The molecule has 5 nitrogen and oxygen atoms in total. The molecule has 2 unspecified atom stereocenters. The molecule has 6 heteroatoms. The number of piperidine rings is 3. The minimum Gasteiger partial charge on any atom is -0.760 e. The molecule has 0 spiro atoms. The summed E-state index contributed by atoms with van der Waals surface area (Å²) < 4.78 is 23.3. The first-order chi connectivity index (χ1) is 11.1. The fourth-order valence-electron chi connectivity index (χ4n) is 3.74. The van der Waals surface area contributed by atoms with Crippen molar-refractivity contribution < 1.29 is 13.6 Å². The Kier molecular flexibility index (Phi) is 5.58. The summed E-state index contributed by atoms with van der Waals surface area (Å²) in [4.78, 5) is 14.7. The predicted molar refractivity (Wildman–Crippen MR) is 88.2 cm³/mol. The molecule has 0 aromatic heterocycles. The van der Waals surface area contributed by atoms with Gasteiger partial charge in [-0.15, -0.1) is 0 Å². The van der Waals surface area contributed by atoms with E-state index in [-0.39, 0.29) is 6.04 Å². The zero-order chi connectivity index (χ0) is 16.2. The summed E-state index contributed by atoms with van der Waals surface area (Å²) in [6.07, 6.45) is 5.04. The Morgan fingerprint density at radius 3 is 2.43 bits per heavy atom. The summed E-state index contributed by atoms with van der Waals surface area (Å²) >= 11 is -2.22. The van der Waals surface area contributed by atoms with Crippen molar-refractivity contribution in [3.63, 3.8) is 0 Å². The topological polar surface area (TPSA) is 72.5 Å². The van der Waals surface area contributed by atoms with Crippen molar-refractivity contribution in [1.82, 2.24) is 9.62 Å². The highest BCUT2D eigenvalue weighted by Gasteiger charge is 2.40. The minimum atomic E-state index is -2.22. The predicted octanol–water partition coefficient (Wildman–Crippen LogP) is 1.56. The average molecular weight is 335 g/mol. The van der Waals surface area contributed by atoms with E-state index in [9.17, 15) is 13.6 Å². The van der Waals surface area contributed by atoms with E-state index in [1.54, 1.807) is 0 Å². The lowest BCUT2D eigenvalue weighted by atomic mass is 9.80. The van der Waals surface area contributed by atoms with Crippen LogP contribution in [0, 0.1) is 5.92 Å². The highest BCUT2D eigenvalue weighted by Crippen LogP contribution is 2.31. The molecule has 23 heavy (non-hydrogen) atoms. The van der Waals surface area contributed by atoms with Crippen molar-refractivity contribution in [2.24, 2.45) is 5.92 Å². The molecule has 3 heterocycles. The normalized spacial score (nSPS) is 28.0. The molecule has 3 aliphatic rings. The van der Waals surface area contributed by atoms with Crippen LogP contribution >= 0.6 is 0 Å². The van der Waals surface area contributed by atoms with Crippen molar-refractivity contribution in [2.75, 3.05) is 13.1 Å². The Morgan fingerprint density at radius 1 is 1.17 bits per heavy atom. The molecule has 3 saturated heterocycles. The largest absolute Gasteiger partial charge is 0.760 e. The number of rotatable bonds is 7. The number of fused-ring (bicyclic) bond motifs is 3. The van der Waals surface area contributed by atoms with Crippen LogP contribution in [0.15, 0.2) is 24.3 Å². The van der Waals surface area contributed by atoms with Gasteiger partial charge in [0.25, 0.3) is 0 Å². The van der Waals surface area contributed by atoms with Crippen molar-refractivity contribution in [3.8, 4) is 0 Å². The number of benzene rings is 1. The fraction of sp³-hybridized carbons (Fsp3) is 0.588. The monoisotopic (exact) mass is 335 g/mol. The highest BCUT2D eigenvalue weighted by molar-refractivity contribution is 7.77. The second-order valence-corrected chi connectivity index (χ2v) is 7.25. The maximum atomic E-state index is 12.3. The Labute approximate surface area is 139 Å². The summed E-state index contributed by atoms with van der Waals surface area (Å²) in [5.41, 5.74) is 2.18. The Bertz CT molecular complexity index is 568. The number of nitrogens with zero attached hydrogens (tertiary/aromatic N) is 1. The summed E-state index contributed by atoms with van der Waals surface area (Å²) in [6.45, 7) is 2.50. The number of nitrogens with one attached hydrogen (secondary N) is 1. The van der Waals surface area contributed by atoms with Gasteiger partial charge >= 0.3 is 0 Å². The number of carbonyl (C=O) groups is 1. The van der Waals surface area contributed by atoms with Gasteiger partial charge in [-0.05, 0) is 56.3 Å². The van der Waals surface area contributed by atoms with Crippen LogP contribution in [-0.4, -0.2) is 38.6 Å². The van der Waals surface area contributed by atoms with E-state index in [0.717, 1.165) is 50.8 Å². The van der Waals surface area contributed by atoms with E-state index in [2.05, 4.69) is 9.62 Å². The second-order valence-electron chi connectivity index (χ2n) is 6.49. The smallest absolute Gasteiger partial charge is 0.153 e. The van der Waals surface area contributed by atoms with E-state index < -0.39 is 11.3 Å². The molecule has 4 rings (SSSR count). The van der Waals surface area contributed by atoms with Crippen molar-refractivity contribution in [1.29, 1.82) is 0 Å². The number of hydrogen-bond donors (Lipinski definition) is 1. The van der Waals surface area contributed by atoms with Crippen LogP contribution in [0.5, 0.6) is 0 Å². The zero-order valence-electron chi connectivity index (χ0n) is 13.2. The quantitative estimate of drug-likeness (QED) is 0.768.